The molecule has 2 heterocycles. The van der Waals surface area contributed by atoms with Crippen molar-refractivity contribution in [1.29, 1.82) is 5.26 Å². The number of fused-ring (bicyclic) bond motifs is 1. The summed E-state index contributed by atoms with van der Waals surface area (Å²) in [5.41, 5.74) is 1.67. The predicted molar refractivity (Wildman–Crippen MR) is 74.5 cm³/mol. The van der Waals surface area contributed by atoms with Crippen LogP contribution in [0.2, 0.25) is 0 Å². The topological polar surface area (TPSA) is 79.4 Å². The van der Waals surface area contributed by atoms with E-state index in [0.29, 0.717) is 22.6 Å². The van der Waals surface area contributed by atoms with Gasteiger partial charge in [0.15, 0.2) is 0 Å². The molecule has 0 fully saturated rings. The molecule has 6 nitrogen and oxygen atoms in total. The fraction of sp³-hybridized carbons (Fsp3) is 0.357. The number of nitrogens with zero attached hydrogens (tertiary/aromatic N) is 3. The zero-order valence-electron chi connectivity index (χ0n) is 11.9. The zero-order chi connectivity index (χ0) is 14.9. The molecule has 1 amide bonds. The molecule has 0 bridgehead atoms. The number of aromatic nitrogens is 2. The van der Waals surface area contributed by atoms with Crippen LogP contribution in [-0.2, 0) is 4.74 Å². The first-order valence-corrected chi connectivity index (χ1v) is 6.20. The Bertz CT molecular complexity index is 704. The van der Waals surface area contributed by atoms with E-state index in [2.05, 4.69) is 16.5 Å². The molecular formula is C14H16N4O2. The number of rotatable bonds is 1. The third kappa shape index (κ3) is 2.72. The molecule has 104 valence electrons. The lowest BCUT2D eigenvalue weighted by Crippen LogP contribution is -2.27. The van der Waals surface area contributed by atoms with Crippen molar-refractivity contribution in [2.24, 2.45) is 0 Å². The predicted octanol–water partition coefficient (Wildman–Crippen LogP) is 2.86. The van der Waals surface area contributed by atoms with Gasteiger partial charge in [0.1, 0.15) is 17.4 Å². The lowest BCUT2D eigenvalue weighted by molar-refractivity contribution is 0.0636. The van der Waals surface area contributed by atoms with Crippen LogP contribution in [-0.4, -0.2) is 21.3 Å². The fourth-order valence-corrected chi connectivity index (χ4v) is 1.83. The van der Waals surface area contributed by atoms with Gasteiger partial charge in [-0.3, -0.25) is 5.32 Å². The number of aryl methyl sites for hydroxylation is 1. The maximum atomic E-state index is 11.8. The molecule has 0 saturated heterocycles. The first-order valence-electron chi connectivity index (χ1n) is 6.20. The smallest absolute Gasteiger partial charge is 0.412 e. The summed E-state index contributed by atoms with van der Waals surface area (Å²) in [7, 11) is 0. The Morgan fingerprint density at radius 3 is 2.75 bits per heavy atom. The van der Waals surface area contributed by atoms with Crippen molar-refractivity contribution in [2.75, 3.05) is 5.32 Å². The van der Waals surface area contributed by atoms with Gasteiger partial charge in [0, 0.05) is 0 Å². The minimum Gasteiger partial charge on any atom is -0.444 e. The molecule has 0 aliphatic carbocycles. The SMILES string of the molecule is Cc1nn2c(C#N)cccc2c1NC(=O)OC(C)(C)C. The van der Waals surface area contributed by atoms with E-state index in [4.69, 9.17) is 10.00 Å². The molecule has 20 heavy (non-hydrogen) atoms. The van der Waals surface area contributed by atoms with Crippen molar-refractivity contribution in [3.63, 3.8) is 0 Å². The maximum Gasteiger partial charge on any atom is 0.412 e. The molecule has 0 aliphatic rings. The zero-order valence-corrected chi connectivity index (χ0v) is 11.9. The van der Waals surface area contributed by atoms with Crippen LogP contribution in [0.4, 0.5) is 10.5 Å². The second-order valence-electron chi connectivity index (χ2n) is 5.41. The number of hydrogen-bond acceptors (Lipinski definition) is 4. The second kappa shape index (κ2) is 4.85. The molecule has 0 radical (unpaired) electrons. The molecule has 6 heteroatoms. The number of ether oxygens (including phenoxy) is 1. The van der Waals surface area contributed by atoms with E-state index in [1.54, 1.807) is 45.9 Å². The molecule has 1 N–H and O–H groups in total. The van der Waals surface area contributed by atoms with Crippen LogP contribution in [0.3, 0.4) is 0 Å². The van der Waals surface area contributed by atoms with Gasteiger partial charge in [-0.1, -0.05) is 6.07 Å². The van der Waals surface area contributed by atoms with Crippen LogP contribution in [0, 0.1) is 18.3 Å². The van der Waals surface area contributed by atoms with E-state index in [9.17, 15) is 4.79 Å². The molecule has 0 unspecified atom stereocenters. The van der Waals surface area contributed by atoms with Crippen molar-refractivity contribution < 1.29 is 9.53 Å². The summed E-state index contributed by atoms with van der Waals surface area (Å²) >= 11 is 0. The maximum absolute atomic E-state index is 11.8. The highest BCUT2D eigenvalue weighted by Crippen LogP contribution is 2.23. The largest absolute Gasteiger partial charge is 0.444 e. The standard InChI is InChI=1S/C14H16N4O2/c1-9-12(16-13(19)20-14(2,3)4)11-7-5-6-10(8-15)18(11)17-9/h5-7H,1-4H3,(H,16,19). The summed E-state index contributed by atoms with van der Waals surface area (Å²) in [6.07, 6.45) is -0.544. The monoisotopic (exact) mass is 272 g/mol. The molecule has 0 aliphatic heterocycles. The Morgan fingerprint density at radius 1 is 1.45 bits per heavy atom. The molecule has 2 rings (SSSR count). The normalized spacial score (nSPS) is 11.2. The van der Waals surface area contributed by atoms with E-state index < -0.39 is 11.7 Å². The van der Waals surface area contributed by atoms with E-state index in [1.807, 2.05) is 0 Å². The quantitative estimate of drug-likeness (QED) is 0.865. The van der Waals surface area contributed by atoms with Crippen molar-refractivity contribution in [2.45, 2.75) is 33.3 Å². The molecule has 0 spiro atoms. The van der Waals surface area contributed by atoms with Crippen molar-refractivity contribution in [3.8, 4) is 6.07 Å². The molecule has 0 saturated carbocycles. The van der Waals surface area contributed by atoms with Crippen LogP contribution in [0.25, 0.3) is 5.52 Å². The Morgan fingerprint density at radius 2 is 2.15 bits per heavy atom. The van der Waals surface area contributed by atoms with E-state index in [0.717, 1.165) is 0 Å². The third-order valence-corrected chi connectivity index (χ3v) is 2.57. The van der Waals surface area contributed by atoms with Gasteiger partial charge >= 0.3 is 6.09 Å². The van der Waals surface area contributed by atoms with E-state index in [1.165, 1.54) is 4.52 Å². The summed E-state index contributed by atoms with van der Waals surface area (Å²) in [6.45, 7) is 7.15. The van der Waals surface area contributed by atoms with Gasteiger partial charge in [-0.15, -0.1) is 0 Å². The summed E-state index contributed by atoms with van der Waals surface area (Å²) in [5, 5.41) is 16.0. The molecule has 0 aromatic carbocycles. The average Bonchev–Trinajstić information content (AvgIpc) is 2.63. The summed E-state index contributed by atoms with van der Waals surface area (Å²) in [6, 6.07) is 7.25. The second-order valence-corrected chi connectivity index (χ2v) is 5.41. The molecule has 0 atom stereocenters. The van der Waals surface area contributed by atoms with Crippen LogP contribution in [0.1, 0.15) is 32.2 Å². The van der Waals surface area contributed by atoms with Gasteiger partial charge < -0.3 is 4.74 Å². The van der Waals surface area contributed by atoms with Crippen molar-refractivity contribution in [3.05, 3.63) is 29.6 Å². The highest BCUT2D eigenvalue weighted by molar-refractivity contribution is 5.92. The number of amides is 1. The number of pyridine rings is 1. The van der Waals surface area contributed by atoms with Gasteiger partial charge in [-0.25, -0.2) is 9.31 Å². The van der Waals surface area contributed by atoms with Crippen LogP contribution in [0.5, 0.6) is 0 Å². The highest BCUT2D eigenvalue weighted by Gasteiger charge is 2.19. The third-order valence-electron chi connectivity index (χ3n) is 2.57. The van der Waals surface area contributed by atoms with Crippen LogP contribution >= 0.6 is 0 Å². The number of hydrogen-bond donors (Lipinski definition) is 1. The number of carbonyl (C=O) groups excluding carboxylic acids is 1. The Labute approximate surface area is 117 Å². The lowest BCUT2D eigenvalue weighted by atomic mass is 10.2. The number of nitrogens with one attached hydrogen (secondary N) is 1. The van der Waals surface area contributed by atoms with Gasteiger partial charge in [0.25, 0.3) is 0 Å². The Balaban J connectivity index is 2.39. The first kappa shape index (κ1) is 13.9. The van der Waals surface area contributed by atoms with Gasteiger partial charge in [0.2, 0.25) is 0 Å². The van der Waals surface area contributed by atoms with E-state index >= 15 is 0 Å². The van der Waals surface area contributed by atoms with E-state index in [-0.39, 0.29) is 0 Å². The Kier molecular flexibility index (Phi) is 3.36. The van der Waals surface area contributed by atoms with Crippen LogP contribution < -0.4 is 5.32 Å². The number of anilines is 1. The number of carbonyl (C=O) groups is 1. The fourth-order valence-electron chi connectivity index (χ4n) is 1.83. The average molecular weight is 272 g/mol. The molecule has 2 aromatic heterocycles. The highest BCUT2D eigenvalue weighted by atomic mass is 16.6. The molecular weight excluding hydrogens is 256 g/mol. The summed E-state index contributed by atoms with van der Waals surface area (Å²) in [4.78, 5) is 11.8. The minimum absolute atomic E-state index is 0.405. The number of nitriles is 1. The van der Waals surface area contributed by atoms with Crippen LogP contribution in [0.15, 0.2) is 18.2 Å². The molecule has 2 aromatic rings. The van der Waals surface area contributed by atoms with Crippen molar-refractivity contribution >= 4 is 17.3 Å². The summed E-state index contributed by atoms with van der Waals surface area (Å²) < 4.78 is 6.72. The van der Waals surface area contributed by atoms with Gasteiger partial charge in [-0.05, 0) is 39.8 Å². The summed E-state index contributed by atoms with van der Waals surface area (Å²) in [5.74, 6) is 0. The minimum atomic E-state index is -0.571. The van der Waals surface area contributed by atoms with Gasteiger partial charge in [0.05, 0.1) is 16.9 Å². The lowest BCUT2D eigenvalue weighted by Gasteiger charge is -2.19. The first-order chi connectivity index (χ1) is 9.31. The van der Waals surface area contributed by atoms with Crippen molar-refractivity contribution in [1.82, 2.24) is 9.61 Å². The Hall–Kier alpha value is -2.55. The van der Waals surface area contributed by atoms with Gasteiger partial charge in [-0.2, -0.15) is 10.4 Å².